The van der Waals surface area contributed by atoms with Gasteiger partial charge in [0.05, 0.1) is 11.1 Å². The molecule has 2 aliphatic carbocycles. The Morgan fingerprint density at radius 3 is 1.72 bits per heavy atom. The first-order valence-electron chi connectivity index (χ1n) is 16.5. The second kappa shape index (κ2) is 9.79. The van der Waals surface area contributed by atoms with Gasteiger partial charge in [-0.2, -0.15) is 0 Å². The van der Waals surface area contributed by atoms with E-state index >= 15 is 0 Å². The molecule has 1 nitrogen and oxygen atoms in total. The lowest BCUT2D eigenvalue weighted by molar-refractivity contribution is 0.795. The van der Waals surface area contributed by atoms with Crippen LogP contribution in [0.3, 0.4) is 0 Å². The topological polar surface area (TPSA) is 3.24 Å². The molecule has 0 aromatic heterocycles. The van der Waals surface area contributed by atoms with Gasteiger partial charge in [0.1, 0.15) is 0 Å². The Hall–Kier alpha value is -5.92. The molecule has 220 valence electrons. The van der Waals surface area contributed by atoms with Gasteiger partial charge in [-0.15, -0.1) is 0 Å². The minimum atomic E-state index is -0.450. The van der Waals surface area contributed by atoms with Gasteiger partial charge in [-0.25, -0.2) is 0 Å². The van der Waals surface area contributed by atoms with Gasteiger partial charge >= 0.3 is 0 Å². The molecule has 0 atom stereocenters. The van der Waals surface area contributed by atoms with Crippen LogP contribution in [0.15, 0.2) is 170 Å². The van der Waals surface area contributed by atoms with E-state index < -0.39 is 5.41 Å². The minimum absolute atomic E-state index is 0.450. The van der Waals surface area contributed by atoms with Crippen LogP contribution in [0.5, 0.6) is 0 Å². The highest BCUT2D eigenvalue weighted by Crippen LogP contribution is 2.65. The number of fused-ring (bicyclic) bond motifs is 14. The summed E-state index contributed by atoms with van der Waals surface area (Å²) in [4.78, 5) is 2.47. The van der Waals surface area contributed by atoms with Crippen molar-refractivity contribution in [2.75, 3.05) is 4.90 Å². The number of para-hydroxylation sites is 2. The molecule has 0 saturated heterocycles. The van der Waals surface area contributed by atoms with Crippen molar-refractivity contribution in [2.24, 2.45) is 0 Å². The van der Waals surface area contributed by atoms with Crippen LogP contribution in [0, 0.1) is 6.92 Å². The smallest absolute Gasteiger partial charge is 0.0726 e. The fourth-order valence-electron chi connectivity index (χ4n) is 8.72. The van der Waals surface area contributed by atoms with Crippen LogP contribution in [0.4, 0.5) is 17.1 Å². The number of hydrogen-bond donors (Lipinski definition) is 0. The predicted octanol–water partition coefficient (Wildman–Crippen LogP) is 12.1. The first kappa shape index (κ1) is 26.3. The zero-order chi connectivity index (χ0) is 31.1. The maximum Gasteiger partial charge on any atom is 0.0726 e. The van der Waals surface area contributed by atoms with Crippen molar-refractivity contribution in [2.45, 2.75) is 12.3 Å². The fourth-order valence-corrected chi connectivity index (χ4v) is 8.72. The van der Waals surface area contributed by atoms with Crippen molar-refractivity contribution in [1.29, 1.82) is 0 Å². The maximum absolute atomic E-state index is 2.53. The number of benzene rings is 8. The van der Waals surface area contributed by atoms with Crippen LogP contribution in [-0.4, -0.2) is 0 Å². The van der Waals surface area contributed by atoms with E-state index in [2.05, 4.69) is 182 Å². The number of hydrogen-bond acceptors (Lipinski definition) is 1. The summed E-state index contributed by atoms with van der Waals surface area (Å²) in [6.45, 7) is 2.22. The molecule has 0 unspecified atom stereocenters. The summed E-state index contributed by atoms with van der Waals surface area (Å²) >= 11 is 0. The summed E-state index contributed by atoms with van der Waals surface area (Å²) in [7, 11) is 0. The van der Waals surface area contributed by atoms with Crippen LogP contribution in [0.25, 0.3) is 43.8 Å². The SMILES string of the molecule is Cc1ccccc1N(c1ccccc1)c1cc2c(c3ccccc13)-c1c(ccc3ccccc13)C21c2ccccc2-c2ccccc21. The third-order valence-electron chi connectivity index (χ3n) is 10.6. The van der Waals surface area contributed by atoms with Crippen molar-refractivity contribution in [1.82, 2.24) is 0 Å². The summed E-state index contributed by atoms with van der Waals surface area (Å²) in [5.74, 6) is 0. The molecule has 0 fully saturated rings. The lowest BCUT2D eigenvalue weighted by Gasteiger charge is -2.33. The lowest BCUT2D eigenvalue weighted by Crippen LogP contribution is -2.26. The molecule has 8 aromatic rings. The largest absolute Gasteiger partial charge is 0.310 e. The summed E-state index contributed by atoms with van der Waals surface area (Å²) in [6, 6.07) is 63.0. The number of nitrogens with zero attached hydrogens (tertiary/aromatic N) is 1. The molecule has 0 N–H and O–H groups in total. The Kier molecular flexibility index (Phi) is 5.48. The van der Waals surface area contributed by atoms with E-state index in [-0.39, 0.29) is 0 Å². The first-order chi connectivity index (χ1) is 23.3. The van der Waals surface area contributed by atoms with Crippen LogP contribution in [-0.2, 0) is 5.41 Å². The third kappa shape index (κ3) is 3.43. The normalized spacial score (nSPS) is 13.4. The van der Waals surface area contributed by atoms with E-state index in [0.29, 0.717) is 0 Å². The monoisotopic (exact) mass is 597 g/mol. The third-order valence-corrected chi connectivity index (χ3v) is 10.6. The highest BCUT2D eigenvalue weighted by Gasteiger charge is 2.52. The molecular weight excluding hydrogens is 567 g/mol. The lowest BCUT2D eigenvalue weighted by atomic mass is 9.70. The molecule has 0 amide bonds. The molecule has 0 aliphatic heterocycles. The summed E-state index contributed by atoms with van der Waals surface area (Å²) < 4.78 is 0. The fraction of sp³-hybridized carbons (Fsp3) is 0.0435. The zero-order valence-corrected chi connectivity index (χ0v) is 26.1. The van der Waals surface area contributed by atoms with Crippen molar-refractivity contribution >= 4 is 38.6 Å². The summed E-state index contributed by atoms with van der Waals surface area (Å²) in [5, 5.41) is 5.11. The van der Waals surface area contributed by atoms with E-state index in [9.17, 15) is 0 Å². The van der Waals surface area contributed by atoms with Gasteiger partial charge in [0.15, 0.2) is 0 Å². The standard InChI is InChI=1S/C46H31N/c1-30-15-5-14-26-42(30)47(32-17-3-2-4-18-32)43-29-41-45(37-23-9-8-22-36(37)43)44-33-19-7-6-16-31(33)27-28-40(44)46(41)38-24-12-10-20-34(38)35-21-11-13-25-39(35)46/h2-29H,1H3. The van der Waals surface area contributed by atoms with Gasteiger partial charge in [0.25, 0.3) is 0 Å². The second-order valence-electron chi connectivity index (χ2n) is 12.9. The van der Waals surface area contributed by atoms with Crippen molar-refractivity contribution in [3.63, 3.8) is 0 Å². The van der Waals surface area contributed by atoms with Gasteiger partial charge in [-0.1, -0.05) is 146 Å². The average Bonchev–Trinajstić information content (AvgIpc) is 3.61. The number of anilines is 3. The molecule has 47 heavy (non-hydrogen) atoms. The van der Waals surface area contributed by atoms with Gasteiger partial charge in [-0.3, -0.25) is 0 Å². The van der Waals surface area contributed by atoms with Crippen LogP contribution in [0.1, 0.15) is 27.8 Å². The van der Waals surface area contributed by atoms with Crippen LogP contribution in [0.2, 0.25) is 0 Å². The molecular formula is C46H31N. The van der Waals surface area contributed by atoms with E-state index in [0.717, 1.165) is 5.69 Å². The second-order valence-corrected chi connectivity index (χ2v) is 12.9. The van der Waals surface area contributed by atoms with Crippen molar-refractivity contribution in [3.05, 3.63) is 198 Å². The van der Waals surface area contributed by atoms with E-state index in [1.165, 1.54) is 83.0 Å². The minimum Gasteiger partial charge on any atom is -0.310 e. The molecule has 10 rings (SSSR count). The van der Waals surface area contributed by atoms with Crippen LogP contribution >= 0.6 is 0 Å². The molecule has 0 bridgehead atoms. The molecule has 1 heteroatoms. The highest BCUT2D eigenvalue weighted by atomic mass is 15.1. The highest BCUT2D eigenvalue weighted by molar-refractivity contribution is 6.16. The van der Waals surface area contributed by atoms with Crippen LogP contribution < -0.4 is 4.90 Å². The average molecular weight is 598 g/mol. The van der Waals surface area contributed by atoms with Gasteiger partial charge in [0.2, 0.25) is 0 Å². The Morgan fingerprint density at radius 1 is 0.404 bits per heavy atom. The Labute approximate surface area is 275 Å². The number of aryl methyl sites for hydroxylation is 1. The quantitative estimate of drug-likeness (QED) is 0.196. The predicted molar refractivity (Wildman–Crippen MR) is 197 cm³/mol. The van der Waals surface area contributed by atoms with E-state index in [1.807, 2.05) is 0 Å². The first-order valence-corrected chi connectivity index (χ1v) is 16.5. The van der Waals surface area contributed by atoms with Gasteiger partial charge in [-0.05, 0) is 97.4 Å². The molecule has 8 aromatic carbocycles. The molecule has 2 aliphatic rings. The molecule has 1 spiro atoms. The summed E-state index contributed by atoms with van der Waals surface area (Å²) in [5.41, 5.74) is 15.1. The number of rotatable bonds is 3. The zero-order valence-electron chi connectivity index (χ0n) is 26.1. The van der Waals surface area contributed by atoms with Gasteiger partial charge < -0.3 is 4.90 Å². The van der Waals surface area contributed by atoms with E-state index in [4.69, 9.17) is 0 Å². The Bertz CT molecular complexity index is 2500. The van der Waals surface area contributed by atoms with Crippen molar-refractivity contribution < 1.29 is 0 Å². The molecule has 0 saturated carbocycles. The van der Waals surface area contributed by atoms with Gasteiger partial charge in [0, 0.05) is 16.8 Å². The summed E-state index contributed by atoms with van der Waals surface area (Å²) in [6.07, 6.45) is 0. The maximum atomic E-state index is 2.53. The Balaban J connectivity index is 1.43. The molecule has 0 heterocycles. The Morgan fingerprint density at radius 2 is 0.979 bits per heavy atom. The molecule has 0 radical (unpaired) electrons. The van der Waals surface area contributed by atoms with E-state index in [1.54, 1.807) is 0 Å². The van der Waals surface area contributed by atoms with Crippen molar-refractivity contribution in [3.8, 4) is 22.3 Å².